The van der Waals surface area contributed by atoms with Crippen LogP contribution < -0.4 is 0 Å². The molecule has 0 unspecified atom stereocenters. The zero-order valence-electron chi connectivity index (χ0n) is 28.1. The molecule has 0 aromatic carbocycles. The van der Waals surface area contributed by atoms with Crippen molar-refractivity contribution in [1.29, 1.82) is 0 Å². The van der Waals surface area contributed by atoms with E-state index in [-0.39, 0.29) is 50.7 Å². The van der Waals surface area contributed by atoms with Crippen LogP contribution in [0.15, 0.2) is 0 Å². The van der Waals surface area contributed by atoms with Crippen molar-refractivity contribution in [1.82, 2.24) is 0 Å². The van der Waals surface area contributed by atoms with Gasteiger partial charge in [0.15, 0.2) is 6.29 Å². The highest BCUT2D eigenvalue weighted by atomic mass is 16.7. The summed E-state index contributed by atoms with van der Waals surface area (Å²) in [5, 5.41) is 41.1. The maximum Gasteiger partial charge on any atom is 0.312 e. The standard InChI is InChI=1S/C36H58O8/c1-31(2)14-16-36-17-15-34(6)19(24(36)28(31)44-30(36)41)8-9-22-33(5)12-11-23(32(3,4)21(33)10-13-35(22,34)7)43-29-27(40)26(39)25(38)20(18-37)42-29/h19-29,37-40H,8-18H2,1-7H3/t19-,20-,21+,22-,23+,24+,25+,26+,27-,28+,29+,33+,34-,35-,36+/m1/s1. The molecule has 8 heteroatoms. The second-order valence-corrected chi connectivity index (χ2v) is 18.3. The number of carbonyl (C=O) groups is 1. The number of esters is 1. The van der Waals surface area contributed by atoms with E-state index in [0.717, 1.165) is 51.4 Å². The van der Waals surface area contributed by atoms with Crippen LogP contribution in [0.1, 0.15) is 113 Å². The Morgan fingerprint density at radius 3 is 2.18 bits per heavy atom. The minimum Gasteiger partial charge on any atom is -0.461 e. The molecule has 7 fully saturated rings. The fourth-order valence-electron chi connectivity index (χ4n) is 13.4. The molecule has 5 saturated carbocycles. The monoisotopic (exact) mass is 618 g/mol. The maximum absolute atomic E-state index is 13.5. The molecular weight excluding hydrogens is 560 g/mol. The Labute approximate surface area is 263 Å². The topological polar surface area (TPSA) is 126 Å². The van der Waals surface area contributed by atoms with Crippen molar-refractivity contribution in [3.05, 3.63) is 0 Å². The largest absolute Gasteiger partial charge is 0.461 e. The van der Waals surface area contributed by atoms with E-state index >= 15 is 0 Å². The molecule has 15 atom stereocenters. The summed E-state index contributed by atoms with van der Waals surface area (Å²) in [7, 11) is 0. The van der Waals surface area contributed by atoms with E-state index in [1.807, 2.05) is 0 Å². The Morgan fingerprint density at radius 1 is 0.773 bits per heavy atom. The number of ether oxygens (including phenoxy) is 3. The van der Waals surface area contributed by atoms with Gasteiger partial charge in [0.05, 0.1) is 18.1 Å². The van der Waals surface area contributed by atoms with E-state index in [1.165, 1.54) is 12.8 Å². The average Bonchev–Trinajstić information content (AvgIpc) is 3.22. The molecule has 2 aliphatic heterocycles. The van der Waals surface area contributed by atoms with Gasteiger partial charge >= 0.3 is 5.97 Å². The Balaban J connectivity index is 1.15. The maximum atomic E-state index is 13.5. The molecule has 250 valence electrons. The summed E-state index contributed by atoms with van der Waals surface area (Å²) in [6, 6.07) is 0. The number of aliphatic hydroxyl groups is 4. The van der Waals surface area contributed by atoms with Gasteiger partial charge < -0.3 is 34.6 Å². The van der Waals surface area contributed by atoms with Crippen LogP contribution in [-0.4, -0.2) is 75.9 Å². The quantitative estimate of drug-likeness (QED) is 0.268. The molecule has 7 rings (SSSR count). The molecule has 2 bridgehead atoms. The lowest BCUT2D eigenvalue weighted by Crippen LogP contribution is -2.68. The van der Waals surface area contributed by atoms with Crippen molar-refractivity contribution < 1.29 is 39.4 Å². The second kappa shape index (κ2) is 9.88. The third-order valence-electron chi connectivity index (χ3n) is 16.1. The first-order valence-electron chi connectivity index (χ1n) is 17.6. The molecule has 8 nitrogen and oxygen atoms in total. The normalized spacial score (nSPS) is 57.3. The van der Waals surface area contributed by atoms with Gasteiger partial charge in [0.2, 0.25) is 0 Å². The summed E-state index contributed by atoms with van der Waals surface area (Å²) < 4.78 is 18.6. The van der Waals surface area contributed by atoms with Gasteiger partial charge in [-0.2, -0.15) is 0 Å². The minimum absolute atomic E-state index is 0.0311. The SMILES string of the molecule is CC1(C)CC[C@]23CC[C@]4(C)[C@H](CC[C@@H]5[C@@]6(C)CC[C@H](O[C@@H]7O[C@H](CO)[C@H](O)[C@H](O)[C@H]7O)C(C)(C)[C@@H]6CC[C@]54C)[C@H]2[C@@H]1OC3=O. The first-order chi connectivity index (χ1) is 20.5. The van der Waals surface area contributed by atoms with Crippen molar-refractivity contribution in [3.8, 4) is 0 Å². The highest BCUT2D eigenvalue weighted by Crippen LogP contribution is 2.78. The fraction of sp³-hybridized carbons (Fsp3) is 0.972. The van der Waals surface area contributed by atoms with E-state index in [1.54, 1.807) is 0 Å². The summed E-state index contributed by atoms with van der Waals surface area (Å²) >= 11 is 0. The molecule has 0 radical (unpaired) electrons. The molecule has 0 aromatic heterocycles. The van der Waals surface area contributed by atoms with Crippen LogP contribution in [0, 0.1) is 56.2 Å². The first-order valence-corrected chi connectivity index (χ1v) is 17.6. The number of carbonyl (C=O) groups excluding carboxylic acids is 1. The van der Waals surface area contributed by atoms with Crippen LogP contribution >= 0.6 is 0 Å². The van der Waals surface area contributed by atoms with Gasteiger partial charge in [-0.25, -0.2) is 0 Å². The molecule has 2 saturated heterocycles. The lowest BCUT2D eigenvalue weighted by molar-refractivity contribution is -0.332. The van der Waals surface area contributed by atoms with Gasteiger partial charge in [-0.15, -0.1) is 0 Å². The predicted octanol–water partition coefficient (Wildman–Crippen LogP) is 4.59. The smallest absolute Gasteiger partial charge is 0.312 e. The van der Waals surface area contributed by atoms with Gasteiger partial charge in [0.1, 0.15) is 30.5 Å². The lowest BCUT2D eigenvalue weighted by atomic mass is 9.31. The third kappa shape index (κ3) is 3.87. The van der Waals surface area contributed by atoms with Crippen LogP contribution in [-0.2, 0) is 19.0 Å². The predicted molar refractivity (Wildman–Crippen MR) is 163 cm³/mol. The van der Waals surface area contributed by atoms with Crippen molar-refractivity contribution in [2.75, 3.05) is 6.61 Å². The van der Waals surface area contributed by atoms with Crippen molar-refractivity contribution in [2.45, 2.75) is 156 Å². The van der Waals surface area contributed by atoms with Crippen molar-refractivity contribution >= 4 is 5.97 Å². The van der Waals surface area contributed by atoms with Gasteiger partial charge in [-0.3, -0.25) is 4.79 Å². The molecule has 44 heavy (non-hydrogen) atoms. The molecule has 5 aliphatic carbocycles. The van der Waals surface area contributed by atoms with E-state index in [2.05, 4.69) is 48.5 Å². The molecule has 7 aliphatic rings. The van der Waals surface area contributed by atoms with Crippen molar-refractivity contribution in [2.24, 2.45) is 56.2 Å². The third-order valence-corrected chi connectivity index (χ3v) is 16.1. The molecule has 0 spiro atoms. The molecule has 0 amide bonds. The van der Waals surface area contributed by atoms with E-state index in [0.29, 0.717) is 23.7 Å². The minimum atomic E-state index is -1.44. The molecular formula is C36H58O8. The Kier molecular flexibility index (Phi) is 7.14. The van der Waals surface area contributed by atoms with Crippen LogP contribution in [0.5, 0.6) is 0 Å². The Hall–Kier alpha value is -0.770. The highest BCUT2D eigenvalue weighted by molar-refractivity contribution is 5.81. The summed E-state index contributed by atoms with van der Waals surface area (Å²) in [5.41, 5.74) is 0.0273. The van der Waals surface area contributed by atoms with Crippen LogP contribution in [0.25, 0.3) is 0 Å². The van der Waals surface area contributed by atoms with Crippen LogP contribution in [0.3, 0.4) is 0 Å². The number of rotatable bonds is 3. The molecule has 4 N–H and O–H groups in total. The van der Waals surface area contributed by atoms with E-state index in [4.69, 9.17) is 14.2 Å². The fourth-order valence-corrected chi connectivity index (χ4v) is 13.4. The summed E-state index contributed by atoms with van der Waals surface area (Å²) in [4.78, 5) is 13.5. The zero-order valence-corrected chi connectivity index (χ0v) is 28.1. The highest BCUT2D eigenvalue weighted by Gasteiger charge is 2.75. The van der Waals surface area contributed by atoms with Crippen LogP contribution in [0.4, 0.5) is 0 Å². The molecule has 2 heterocycles. The van der Waals surface area contributed by atoms with Crippen molar-refractivity contribution in [3.63, 3.8) is 0 Å². The summed E-state index contributed by atoms with van der Waals surface area (Å²) in [5.74, 6) is 1.93. The Morgan fingerprint density at radius 2 is 1.48 bits per heavy atom. The number of hydrogen-bond donors (Lipinski definition) is 4. The van der Waals surface area contributed by atoms with Gasteiger partial charge in [0, 0.05) is 11.3 Å². The lowest BCUT2D eigenvalue weighted by Gasteiger charge is -2.73. The number of fused-ring (bicyclic) bond motifs is 5. The number of aliphatic hydroxyl groups excluding tert-OH is 4. The summed E-state index contributed by atoms with van der Waals surface area (Å²) in [6.45, 7) is 16.5. The number of hydrogen-bond acceptors (Lipinski definition) is 8. The van der Waals surface area contributed by atoms with Gasteiger partial charge in [0.25, 0.3) is 0 Å². The van der Waals surface area contributed by atoms with E-state index < -0.39 is 37.3 Å². The van der Waals surface area contributed by atoms with Crippen LogP contribution in [0.2, 0.25) is 0 Å². The zero-order chi connectivity index (χ0) is 31.8. The van der Waals surface area contributed by atoms with E-state index in [9.17, 15) is 25.2 Å². The Bertz CT molecular complexity index is 1170. The van der Waals surface area contributed by atoms with Gasteiger partial charge in [-0.05, 0) is 104 Å². The first kappa shape index (κ1) is 31.8. The molecule has 0 aromatic rings. The second-order valence-electron chi connectivity index (χ2n) is 18.3. The van der Waals surface area contributed by atoms with Gasteiger partial charge in [-0.1, -0.05) is 48.5 Å². The average molecular weight is 619 g/mol. The summed E-state index contributed by atoms with van der Waals surface area (Å²) in [6.07, 6.45) is 4.17.